The summed E-state index contributed by atoms with van der Waals surface area (Å²) in [6.45, 7) is 5.43. The van der Waals surface area contributed by atoms with E-state index in [1.807, 2.05) is 0 Å². The molecular weight excluding hydrogens is 327 g/mol. The van der Waals surface area contributed by atoms with Crippen LogP contribution in [0.3, 0.4) is 0 Å². The van der Waals surface area contributed by atoms with Crippen LogP contribution >= 0.6 is 0 Å². The predicted octanol–water partition coefficient (Wildman–Crippen LogP) is 1.41. The summed E-state index contributed by atoms with van der Waals surface area (Å²) in [7, 11) is 0. The van der Waals surface area contributed by atoms with E-state index in [2.05, 4.69) is 5.32 Å². The summed E-state index contributed by atoms with van der Waals surface area (Å²) in [6, 6.07) is 5.16. The molecule has 1 aromatic rings. The Morgan fingerprint density at radius 3 is 2.44 bits per heavy atom. The van der Waals surface area contributed by atoms with Crippen molar-refractivity contribution >= 4 is 17.8 Å². The number of ether oxygens (including phenoxy) is 1. The van der Waals surface area contributed by atoms with Crippen molar-refractivity contribution in [3.8, 4) is 0 Å². The largest absolute Gasteiger partial charge is 0.465 e. The fourth-order valence-corrected chi connectivity index (χ4v) is 3.94. The molecule has 0 radical (unpaired) electrons. The molecule has 25 heavy (non-hydrogen) atoms. The van der Waals surface area contributed by atoms with Gasteiger partial charge in [0.1, 0.15) is 11.4 Å². The van der Waals surface area contributed by atoms with Gasteiger partial charge in [-0.3, -0.25) is 24.6 Å². The van der Waals surface area contributed by atoms with Crippen LogP contribution in [0.25, 0.3) is 0 Å². The van der Waals surface area contributed by atoms with E-state index in [4.69, 9.17) is 4.74 Å². The number of hydrogen-bond donors (Lipinski definition) is 1. The lowest BCUT2D eigenvalue weighted by molar-refractivity contribution is -0.155. The van der Waals surface area contributed by atoms with Gasteiger partial charge in [-0.05, 0) is 38.5 Å². The number of carbonyl (C=O) groups excluding carboxylic acids is 3. The third-order valence-electron chi connectivity index (χ3n) is 5.12. The smallest absolute Gasteiger partial charge is 0.326 e. The van der Waals surface area contributed by atoms with Crippen molar-refractivity contribution in [3.05, 3.63) is 35.6 Å². The van der Waals surface area contributed by atoms with Crippen LogP contribution in [-0.4, -0.2) is 41.4 Å². The minimum absolute atomic E-state index is 0.175. The topological polar surface area (TPSA) is 75.7 Å². The second-order valence-electron chi connectivity index (χ2n) is 6.52. The van der Waals surface area contributed by atoms with Crippen molar-refractivity contribution in [2.45, 2.75) is 32.4 Å². The van der Waals surface area contributed by atoms with E-state index in [-0.39, 0.29) is 25.0 Å². The first kappa shape index (κ1) is 17.5. The fourth-order valence-electron chi connectivity index (χ4n) is 3.94. The van der Waals surface area contributed by atoms with Gasteiger partial charge in [0.25, 0.3) is 0 Å². The zero-order valence-electron chi connectivity index (χ0n) is 14.4. The van der Waals surface area contributed by atoms with Gasteiger partial charge in [0.05, 0.1) is 18.4 Å². The second-order valence-corrected chi connectivity index (χ2v) is 6.52. The van der Waals surface area contributed by atoms with Crippen molar-refractivity contribution in [2.75, 3.05) is 13.2 Å². The van der Waals surface area contributed by atoms with Crippen molar-refractivity contribution < 1.29 is 23.5 Å². The molecule has 1 N–H and O–H groups in total. The minimum atomic E-state index is -1.31. The van der Waals surface area contributed by atoms with Crippen LogP contribution < -0.4 is 5.32 Å². The van der Waals surface area contributed by atoms with Gasteiger partial charge < -0.3 is 4.74 Å². The Balaban J connectivity index is 2.07. The van der Waals surface area contributed by atoms with E-state index in [1.165, 1.54) is 17.0 Å². The van der Waals surface area contributed by atoms with Crippen LogP contribution in [0.5, 0.6) is 0 Å². The molecule has 1 aromatic carbocycles. The molecule has 6 nitrogen and oxygen atoms in total. The Kier molecular flexibility index (Phi) is 4.36. The molecule has 0 bridgehead atoms. The number of esters is 1. The number of likely N-dealkylation sites (tertiary alicyclic amines) is 1. The van der Waals surface area contributed by atoms with Crippen LogP contribution in [0.4, 0.5) is 4.39 Å². The van der Waals surface area contributed by atoms with Gasteiger partial charge in [-0.1, -0.05) is 12.1 Å². The minimum Gasteiger partial charge on any atom is -0.465 e. The Hall–Kier alpha value is -2.28. The van der Waals surface area contributed by atoms with E-state index >= 15 is 0 Å². The Labute approximate surface area is 145 Å². The molecule has 2 aliphatic heterocycles. The Morgan fingerprint density at radius 2 is 1.88 bits per heavy atom. The quantitative estimate of drug-likeness (QED) is 0.658. The number of nitrogens with zero attached hydrogens (tertiary/aromatic N) is 1. The Morgan fingerprint density at radius 1 is 1.24 bits per heavy atom. The second kappa shape index (κ2) is 6.22. The maximum absolute atomic E-state index is 13.3. The van der Waals surface area contributed by atoms with Gasteiger partial charge >= 0.3 is 5.97 Å². The molecule has 2 heterocycles. The Bertz CT molecular complexity index is 720. The summed E-state index contributed by atoms with van der Waals surface area (Å²) in [5.41, 5.74) is -0.653. The number of carbonyl (C=O) groups is 3. The lowest BCUT2D eigenvalue weighted by Crippen LogP contribution is -2.54. The van der Waals surface area contributed by atoms with Crippen LogP contribution in [0, 0.1) is 17.7 Å². The molecular formula is C18H21FN2O4. The first-order valence-electron chi connectivity index (χ1n) is 8.40. The molecule has 0 spiro atoms. The average Bonchev–Trinajstić information content (AvgIpc) is 3.03. The first-order chi connectivity index (χ1) is 11.8. The number of amides is 2. The van der Waals surface area contributed by atoms with Crippen LogP contribution in [0.2, 0.25) is 0 Å². The SMILES string of the molecule is CCOC(=O)C1(C)NC(c2ccc(F)cc2)C2C(=O)N(CC)C(=O)C21. The summed E-state index contributed by atoms with van der Waals surface area (Å²) < 4.78 is 18.4. The summed E-state index contributed by atoms with van der Waals surface area (Å²) in [4.78, 5) is 39.3. The standard InChI is InChI=1S/C18H21FN2O4/c1-4-21-15(22)12-13(16(21)23)18(3,17(24)25-5-2)20-14(12)10-6-8-11(19)9-7-10/h6-9,12-14,20H,4-5H2,1-3H3. The molecule has 0 aliphatic carbocycles. The zero-order chi connectivity index (χ0) is 18.4. The predicted molar refractivity (Wildman–Crippen MR) is 86.7 cm³/mol. The molecule has 7 heteroatoms. The molecule has 2 amide bonds. The number of imide groups is 1. The molecule has 2 saturated heterocycles. The van der Waals surface area contributed by atoms with Gasteiger partial charge in [0, 0.05) is 12.6 Å². The highest BCUT2D eigenvalue weighted by molar-refractivity contribution is 6.09. The van der Waals surface area contributed by atoms with Crippen molar-refractivity contribution in [1.29, 1.82) is 0 Å². The molecule has 4 atom stereocenters. The number of rotatable bonds is 4. The van der Waals surface area contributed by atoms with E-state index in [0.29, 0.717) is 5.56 Å². The maximum Gasteiger partial charge on any atom is 0.326 e. The summed E-state index contributed by atoms with van der Waals surface area (Å²) in [5, 5.41) is 3.13. The van der Waals surface area contributed by atoms with E-state index in [9.17, 15) is 18.8 Å². The monoisotopic (exact) mass is 348 g/mol. The van der Waals surface area contributed by atoms with Gasteiger partial charge in [-0.15, -0.1) is 0 Å². The number of hydrogen-bond acceptors (Lipinski definition) is 5. The van der Waals surface area contributed by atoms with Crippen molar-refractivity contribution in [2.24, 2.45) is 11.8 Å². The van der Waals surface area contributed by atoms with Gasteiger partial charge in [0.15, 0.2) is 0 Å². The van der Waals surface area contributed by atoms with E-state index in [0.717, 1.165) is 0 Å². The highest BCUT2D eigenvalue weighted by Crippen LogP contribution is 2.48. The summed E-state index contributed by atoms with van der Waals surface area (Å²) in [6.07, 6.45) is 0. The average molecular weight is 348 g/mol. The zero-order valence-corrected chi connectivity index (χ0v) is 14.4. The van der Waals surface area contributed by atoms with Gasteiger partial charge in [0.2, 0.25) is 11.8 Å². The van der Waals surface area contributed by atoms with Gasteiger partial charge in [-0.25, -0.2) is 4.39 Å². The van der Waals surface area contributed by atoms with Crippen LogP contribution in [-0.2, 0) is 19.1 Å². The normalized spacial score (nSPS) is 31.4. The number of fused-ring (bicyclic) bond motifs is 1. The highest BCUT2D eigenvalue weighted by Gasteiger charge is 2.66. The first-order valence-corrected chi connectivity index (χ1v) is 8.40. The molecule has 0 saturated carbocycles. The lowest BCUT2D eigenvalue weighted by atomic mass is 9.80. The number of halogens is 1. The summed E-state index contributed by atoms with van der Waals surface area (Å²) >= 11 is 0. The third-order valence-corrected chi connectivity index (χ3v) is 5.12. The van der Waals surface area contributed by atoms with Crippen LogP contribution in [0.15, 0.2) is 24.3 Å². The van der Waals surface area contributed by atoms with Crippen molar-refractivity contribution in [1.82, 2.24) is 10.2 Å². The lowest BCUT2D eigenvalue weighted by Gasteiger charge is -2.28. The fraction of sp³-hybridized carbons (Fsp3) is 0.500. The van der Waals surface area contributed by atoms with E-state index in [1.54, 1.807) is 32.9 Å². The van der Waals surface area contributed by atoms with Crippen molar-refractivity contribution in [3.63, 3.8) is 0 Å². The molecule has 134 valence electrons. The third kappa shape index (κ3) is 2.54. The molecule has 0 aromatic heterocycles. The molecule has 2 fully saturated rings. The van der Waals surface area contributed by atoms with Gasteiger partial charge in [-0.2, -0.15) is 0 Å². The highest BCUT2D eigenvalue weighted by atomic mass is 19.1. The summed E-state index contributed by atoms with van der Waals surface area (Å²) in [5.74, 6) is -3.19. The molecule has 3 rings (SSSR count). The number of nitrogens with one attached hydrogen (secondary N) is 1. The van der Waals surface area contributed by atoms with E-state index < -0.39 is 35.2 Å². The maximum atomic E-state index is 13.3. The number of benzene rings is 1. The molecule has 2 aliphatic rings. The van der Waals surface area contributed by atoms with Crippen LogP contribution in [0.1, 0.15) is 32.4 Å². The molecule has 4 unspecified atom stereocenters.